The minimum atomic E-state index is -0.927. The molecule has 1 aromatic carbocycles. The van der Waals surface area contributed by atoms with E-state index in [9.17, 15) is 23.2 Å². The number of nitrogens with one attached hydrogen (secondary N) is 2. The van der Waals surface area contributed by atoms with Gasteiger partial charge in [0.2, 0.25) is 11.8 Å². The van der Waals surface area contributed by atoms with Crippen molar-refractivity contribution in [3.8, 4) is 0 Å². The number of amides is 3. The van der Waals surface area contributed by atoms with Crippen LogP contribution in [0.4, 0.5) is 8.78 Å². The monoisotopic (exact) mass is 296 g/mol. The Hall–Kier alpha value is -2.31. The predicted octanol–water partition coefficient (Wildman–Crippen LogP) is 1.06. The Morgan fingerprint density at radius 2 is 2.05 bits per heavy atom. The molecule has 1 aliphatic heterocycles. The molecule has 0 radical (unpaired) electrons. The first-order valence-electron chi connectivity index (χ1n) is 6.54. The molecular weight excluding hydrogens is 282 g/mol. The molecule has 0 bridgehead atoms. The Morgan fingerprint density at radius 1 is 1.33 bits per heavy atom. The lowest BCUT2D eigenvalue weighted by atomic mass is 10.0. The largest absolute Gasteiger partial charge is 0.340 e. The number of imide groups is 1. The van der Waals surface area contributed by atoms with Gasteiger partial charge in [-0.2, -0.15) is 0 Å². The van der Waals surface area contributed by atoms with Crippen LogP contribution < -0.4 is 10.6 Å². The Labute approximate surface area is 119 Å². The number of halogens is 2. The van der Waals surface area contributed by atoms with Crippen LogP contribution in [0.3, 0.4) is 0 Å². The third-order valence-electron chi connectivity index (χ3n) is 3.31. The molecule has 3 amide bonds. The van der Waals surface area contributed by atoms with Crippen molar-refractivity contribution < 1.29 is 23.2 Å². The Bertz CT molecular complexity index is 616. The second kappa shape index (κ2) is 5.99. The van der Waals surface area contributed by atoms with Crippen molar-refractivity contribution in [1.29, 1.82) is 0 Å². The summed E-state index contributed by atoms with van der Waals surface area (Å²) in [7, 11) is 0. The van der Waals surface area contributed by atoms with E-state index in [4.69, 9.17) is 0 Å². The molecule has 2 rings (SSSR count). The molecule has 2 N–H and O–H groups in total. The molecule has 1 fully saturated rings. The first-order valence-corrected chi connectivity index (χ1v) is 6.54. The van der Waals surface area contributed by atoms with Gasteiger partial charge in [0.25, 0.3) is 5.91 Å². The lowest BCUT2D eigenvalue weighted by molar-refractivity contribution is -0.134. The van der Waals surface area contributed by atoms with E-state index in [0.29, 0.717) is 6.42 Å². The lowest BCUT2D eigenvalue weighted by Crippen LogP contribution is -2.52. The molecule has 1 unspecified atom stereocenters. The third-order valence-corrected chi connectivity index (χ3v) is 3.31. The van der Waals surface area contributed by atoms with Gasteiger partial charge in [0.1, 0.15) is 17.7 Å². The number of hydrogen-bond donors (Lipinski definition) is 2. The first-order chi connectivity index (χ1) is 9.92. The van der Waals surface area contributed by atoms with Crippen molar-refractivity contribution in [3.63, 3.8) is 0 Å². The topological polar surface area (TPSA) is 75.3 Å². The van der Waals surface area contributed by atoms with Crippen LogP contribution in [0.2, 0.25) is 0 Å². The van der Waals surface area contributed by atoms with E-state index in [0.717, 1.165) is 12.1 Å². The van der Waals surface area contributed by atoms with E-state index >= 15 is 0 Å². The van der Waals surface area contributed by atoms with Gasteiger partial charge in [-0.25, -0.2) is 8.78 Å². The highest BCUT2D eigenvalue weighted by molar-refractivity contribution is 6.03. The van der Waals surface area contributed by atoms with E-state index in [2.05, 4.69) is 10.6 Å². The van der Waals surface area contributed by atoms with Gasteiger partial charge < -0.3 is 5.32 Å². The Morgan fingerprint density at radius 3 is 2.67 bits per heavy atom. The summed E-state index contributed by atoms with van der Waals surface area (Å²) >= 11 is 0. The normalized spacial score (nSPS) is 18.3. The first kappa shape index (κ1) is 15.1. The minimum absolute atomic E-state index is 0.0856. The summed E-state index contributed by atoms with van der Waals surface area (Å²) in [5.41, 5.74) is -0.292. The van der Waals surface area contributed by atoms with Crippen molar-refractivity contribution in [3.05, 3.63) is 34.9 Å². The van der Waals surface area contributed by atoms with Gasteiger partial charge in [-0.1, -0.05) is 6.92 Å². The molecule has 7 heteroatoms. The molecule has 112 valence electrons. The second-order valence-corrected chi connectivity index (χ2v) is 4.75. The molecule has 0 aromatic heterocycles. The van der Waals surface area contributed by atoms with Crippen LogP contribution in [0.25, 0.3) is 0 Å². The molecule has 0 aliphatic carbocycles. The molecule has 5 nitrogen and oxygen atoms in total. The second-order valence-electron chi connectivity index (χ2n) is 4.75. The summed E-state index contributed by atoms with van der Waals surface area (Å²) in [5.74, 6) is -3.48. The molecule has 1 aromatic rings. The van der Waals surface area contributed by atoms with E-state index in [1.54, 1.807) is 6.92 Å². The summed E-state index contributed by atoms with van der Waals surface area (Å²) in [5, 5.41) is 4.37. The maximum atomic E-state index is 13.8. The number of aryl methyl sites for hydroxylation is 1. The van der Waals surface area contributed by atoms with Gasteiger partial charge in [-0.3, -0.25) is 19.7 Å². The third kappa shape index (κ3) is 3.24. The van der Waals surface area contributed by atoms with Gasteiger partial charge in [0.05, 0.1) is 5.56 Å². The van der Waals surface area contributed by atoms with Crippen LogP contribution in [0, 0.1) is 11.6 Å². The molecular formula is C14H14F2N2O3. The fourth-order valence-corrected chi connectivity index (χ4v) is 2.10. The summed E-state index contributed by atoms with van der Waals surface area (Å²) in [4.78, 5) is 34.4. The van der Waals surface area contributed by atoms with E-state index in [1.807, 2.05) is 0 Å². The Kier molecular flexibility index (Phi) is 4.30. The highest BCUT2D eigenvalue weighted by Gasteiger charge is 2.29. The van der Waals surface area contributed by atoms with Crippen LogP contribution in [0.1, 0.15) is 35.7 Å². The average molecular weight is 296 g/mol. The summed E-state index contributed by atoms with van der Waals surface area (Å²) < 4.78 is 27.4. The lowest BCUT2D eigenvalue weighted by Gasteiger charge is -2.22. The van der Waals surface area contributed by atoms with Crippen LogP contribution in [-0.4, -0.2) is 23.8 Å². The SMILES string of the molecule is CCc1cc(F)c(C(=O)NC2CCC(=O)NC2=O)cc1F. The molecule has 0 spiro atoms. The van der Waals surface area contributed by atoms with Crippen molar-refractivity contribution in [2.24, 2.45) is 0 Å². The Balaban J connectivity index is 2.15. The van der Waals surface area contributed by atoms with Gasteiger partial charge in [0.15, 0.2) is 0 Å². The van der Waals surface area contributed by atoms with Gasteiger partial charge in [-0.15, -0.1) is 0 Å². The number of carbonyl (C=O) groups excluding carboxylic acids is 3. The zero-order valence-electron chi connectivity index (χ0n) is 11.3. The molecule has 1 atom stereocenters. The number of carbonyl (C=O) groups is 3. The van der Waals surface area contributed by atoms with Crippen LogP contribution in [-0.2, 0) is 16.0 Å². The van der Waals surface area contributed by atoms with Gasteiger partial charge in [-0.05, 0) is 30.5 Å². The zero-order valence-corrected chi connectivity index (χ0v) is 11.3. The predicted molar refractivity (Wildman–Crippen MR) is 69.4 cm³/mol. The highest BCUT2D eigenvalue weighted by Crippen LogP contribution is 2.16. The van der Waals surface area contributed by atoms with Gasteiger partial charge >= 0.3 is 0 Å². The van der Waals surface area contributed by atoms with Crippen molar-refractivity contribution in [1.82, 2.24) is 10.6 Å². The number of hydrogen-bond acceptors (Lipinski definition) is 3. The number of piperidine rings is 1. The molecule has 21 heavy (non-hydrogen) atoms. The maximum absolute atomic E-state index is 13.8. The quantitative estimate of drug-likeness (QED) is 0.819. The minimum Gasteiger partial charge on any atom is -0.340 e. The zero-order chi connectivity index (χ0) is 15.6. The van der Waals surface area contributed by atoms with Gasteiger partial charge in [0, 0.05) is 6.42 Å². The van der Waals surface area contributed by atoms with E-state index in [-0.39, 0.29) is 18.4 Å². The van der Waals surface area contributed by atoms with Crippen molar-refractivity contribution >= 4 is 17.7 Å². The van der Waals surface area contributed by atoms with Crippen LogP contribution in [0.5, 0.6) is 0 Å². The molecule has 0 saturated carbocycles. The molecule has 1 heterocycles. The van der Waals surface area contributed by atoms with E-state index in [1.165, 1.54) is 0 Å². The average Bonchev–Trinajstić information content (AvgIpc) is 2.43. The standard InChI is InChI=1S/C14H14F2N2O3/c1-2-7-5-10(16)8(6-9(7)15)13(20)17-11-3-4-12(19)18-14(11)21/h5-6,11H,2-4H2,1H3,(H,17,20)(H,18,19,21). The summed E-state index contributed by atoms with van der Waals surface area (Å²) in [6, 6.07) is 0.855. The molecule has 1 aliphatic rings. The fourth-order valence-electron chi connectivity index (χ4n) is 2.10. The smallest absolute Gasteiger partial charge is 0.255 e. The van der Waals surface area contributed by atoms with Crippen LogP contribution >= 0.6 is 0 Å². The van der Waals surface area contributed by atoms with Crippen LogP contribution in [0.15, 0.2) is 12.1 Å². The number of rotatable bonds is 3. The van der Waals surface area contributed by atoms with E-state index < -0.39 is 41.0 Å². The maximum Gasteiger partial charge on any atom is 0.255 e. The highest BCUT2D eigenvalue weighted by atomic mass is 19.1. The summed E-state index contributed by atoms with van der Waals surface area (Å²) in [6.07, 6.45) is 0.521. The summed E-state index contributed by atoms with van der Waals surface area (Å²) in [6.45, 7) is 1.67. The molecule has 1 saturated heterocycles. The fraction of sp³-hybridized carbons (Fsp3) is 0.357. The number of benzene rings is 1. The van der Waals surface area contributed by atoms with Crippen molar-refractivity contribution in [2.45, 2.75) is 32.2 Å². The van der Waals surface area contributed by atoms with Crippen molar-refractivity contribution in [2.75, 3.05) is 0 Å².